The molecule has 2 aromatic heterocycles. The van der Waals surface area contributed by atoms with Crippen molar-refractivity contribution in [2.75, 3.05) is 28.2 Å². The fourth-order valence-electron chi connectivity index (χ4n) is 3.44. The van der Waals surface area contributed by atoms with Gasteiger partial charge < -0.3 is 15.2 Å². The van der Waals surface area contributed by atoms with Crippen molar-refractivity contribution in [3.05, 3.63) is 72.6 Å². The molecule has 33 heavy (non-hydrogen) atoms. The molecule has 2 heterocycles. The highest BCUT2D eigenvalue weighted by Gasteiger charge is 2.16. The number of nitrogens with zero attached hydrogens (tertiary/aromatic N) is 4. The normalized spacial score (nSPS) is 11.4. The molecule has 170 valence electrons. The topological polar surface area (TPSA) is 109 Å². The summed E-state index contributed by atoms with van der Waals surface area (Å²) in [7, 11) is -1.84. The summed E-state index contributed by atoms with van der Waals surface area (Å²) >= 11 is 0. The lowest BCUT2D eigenvalue weighted by molar-refractivity contribution is -0.114. The van der Waals surface area contributed by atoms with E-state index in [2.05, 4.69) is 20.6 Å². The molecule has 0 radical (unpaired) electrons. The zero-order valence-corrected chi connectivity index (χ0v) is 19.3. The summed E-state index contributed by atoms with van der Waals surface area (Å²) in [6.45, 7) is 1.91. The molecule has 4 rings (SSSR count). The third-order valence-corrected chi connectivity index (χ3v) is 6.32. The van der Waals surface area contributed by atoms with Gasteiger partial charge in [-0.3, -0.25) is 9.10 Å². The first-order valence-electron chi connectivity index (χ1n) is 10.2. The van der Waals surface area contributed by atoms with Gasteiger partial charge in [-0.25, -0.2) is 13.4 Å². The first-order chi connectivity index (χ1) is 15.7. The molecule has 0 atom stereocenters. The Morgan fingerprint density at radius 1 is 1.06 bits per heavy atom. The van der Waals surface area contributed by atoms with Crippen LogP contribution in [0.2, 0.25) is 0 Å². The Hall–Kier alpha value is -3.92. The van der Waals surface area contributed by atoms with Gasteiger partial charge in [-0.2, -0.15) is 4.98 Å². The van der Waals surface area contributed by atoms with Gasteiger partial charge in [0.25, 0.3) is 0 Å². The number of hydrogen-bond acceptors (Lipinski definition) is 6. The number of hydrogen-bond donors (Lipinski definition) is 2. The van der Waals surface area contributed by atoms with Crippen LogP contribution in [-0.2, 0) is 21.4 Å². The molecule has 0 unspecified atom stereocenters. The highest BCUT2D eigenvalue weighted by molar-refractivity contribution is 7.92. The molecule has 4 aromatic rings. The fourth-order valence-corrected chi connectivity index (χ4v) is 3.98. The summed E-state index contributed by atoms with van der Waals surface area (Å²) < 4.78 is 27.4. The predicted molar refractivity (Wildman–Crippen MR) is 130 cm³/mol. The van der Waals surface area contributed by atoms with Gasteiger partial charge in [-0.15, -0.1) is 0 Å². The molecule has 10 heteroatoms. The van der Waals surface area contributed by atoms with Crippen LogP contribution in [0, 0.1) is 0 Å². The van der Waals surface area contributed by atoms with Gasteiger partial charge in [0.15, 0.2) is 0 Å². The third-order valence-electron chi connectivity index (χ3n) is 5.13. The second-order valence-corrected chi connectivity index (χ2v) is 9.67. The number of sulfonamides is 1. The molecular formula is C23H24N6O3S. The molecule has 2 aromatic carbocycles. The van der Waals surface area contributed by atoms with E-state index in [0.29, 0.717) is 23.9 Å². The largest absolute Gasteiger partial charge is 0.328 e. The van der Waals surface area contributed by atoms with Gasteiger partial charge in [-0.05, 0) is 42.0 Å². The van der Waals surface area contributed by atoms with Gasteiger partial charge in [0.05, 0.1) is 18.5 Å². The monoisotopic (exact) mass is 464 g/mol. The average Bonchev–Trinajstić information content (AvgIpc) is 3.16. The van der Waals surface area contributed by atoms with Crippen LogP contribution in [0.4, 0.5) is 23.0 Å². The molecular weight excluding hydrogens is 440 g/mol. The third kappa shape index (κ3) is 5.12. The summed E-state index contributed by atoms with van der Waals surface area (Å²) in [5.41, 5.74) is 3.68. The quantitative estimate of drug-likeness (QED) is 0.433. The number of rotatable bonds is 7. The van der Waals surface area contributed by atoms with Crippen molar-refractivity contribution < 1.29 is 13.2 Å². The van der Waals surface area contributed by atoms with Gasteiger partial charge in [0.1, 0.15) is 5.65 Å². The molecule has 9 nitrogen and oxygen atoms in total. The molecule has 0 bridgehead atoms. The first-order valence-corrected chi connectivity index (χ1v) is 12.0. The maximum Gasteiger partial charge on any atom is 0.232 e. The van der Waals surface area contributed by atoms with E-state index in [-0.39, 0.29) is 5.91 Å². The SMILES string of the molecule is CC(=O)Nc1ccc(Nc2ncc3ccn(Cc4ccccc4N(C)S(C)(=O)=O)c3n2)cc1. The second kappa shape index (κ2) is 8.91. The van der Waals surface area contributed by atoms with Gasteiger partial charge >= 0.3 is 0 Å². The van der Waals surface area contributed by atoms with Crippen molar-refractivity contribution in [1.82, 2.24) is 14.5 Å². The summed E-state index contributed by atoms with van der Waals surface area (Å²) in [5.74, 6) is 0.297. The maximum atomic E-state index is 12.1. The lowest BCUT2D eigenvalue weighted by Crippen LogP contribution is -2.26. The number of nitrogens with one attached hydrogen (secondary N) is 2. The Kier molecular flexibility index (Phi) is 6.01. The van der Waals surface area contributed by atoms with Gasteiger partial charge in [0.2, 0.25) is 21.9 Å². The maximum absolute atomic E-state index is 12.1. The predicted octanol–water partition coefficient (Wildman–Crippen LogP) is 3.58. The number of aromatic nitrogens is 3. The average molecular weight is 465 g/mol. The Labute approximate surface area is 192 Å². The van der Waals surface area contributed by atoms with E-state index in [1.807, 2.05) is 47.2 Å². The van der Waals surface area contributed by atoms with Crippen LogP contribution in [0.3, 0.4) is 0 Å². The van der Waals surface area contributed by atoms with E-state index < -0.39 is 10.0 Å². The van der Waals surface area contributed by atoms with E-state index in [1.165, 1.54) is 17.5 Å². The molecule has 0 aliphatic heterocycles. The highest BCUT2D eigenvalue weighted by atomic mass is 32.2. The Morgan fingerprint density at radius 3 is 2.45 bits per heavy atom. The van der Waals surface area contributed by atoms with Crippen LogP contribution in [0.1, 0.15) is 12.5 Å². The van der Waals surface area contributed by atoms with E-state index >= 15 is 0 Å². The van der Waals surface area contributed by atoms with E-state index in [9.17, 15) is 13.2 Å². The zero-order chi connectivity index (χ0) is 23.6. The van der Waals surface area contributed by atoms with Crippen molar-refractivity contribution in [2.45, 2.75) is 13.5 Å². The number of carbonyl (C=O) groups excluding carboxylic acids is 1. The van der Waals surface area contributed by atoms with Crippen LogP contribution in [0.15, 0.2) is 67.0 Å². The molecule has 1 amide bonds. The lowest BCUT2D eigenvalue weighted by Gasteiger charge is -2.20. The van der Waals surface area contributed by atoms with Crippen LogP contribution in [0.5, 0.6) is 0 Å². The van der Waals surface area contributed by atoms with E-state index in [1.54, 1.807) is 31.4 Å². The van der Waals surface area contributed by atoms with Crippen LogP contribution < -0.4 is 14.9 Å². The lowest BCUT2D eigenvalue weighted by atomic mass is 10.2. The molecule has 0 aliphatic rings. The number of fused-ring (bicyclic) bond motifs is 1. The minimum atomic E-state index is -3.39. The number of benzene rings is 2. The molecule has 0 fully saturated rings. The number of carbonyl (C=O) groups is 1. The summed E-state index contributed by atoms with van der Waals surface area (Å²) in [6.07, 6.45) is 4.83. The number of para-hydroxylation sites is 1. The molecule has 2 N–H and O–H groups in total. The Morgan fingerprint density at radius 2 is 1.76 bits per heavy atom. The fraction of sp³-hybridized carbons (Fsp3) is 0.174. The minimum absolute atomic E-state index is 0.130. The zero-order valence-electron chi connectivity index (χ0n) is 18.5. The van der Waals surface area contributed by atoms with E-state index in [0.717, 1.165) is 22.3 Å². The summed E-state index contributed by atoms with van der Waals surface area (Å²) in [4.78, 5) is 20.2. The Bertz CT molecular complexity index is 1410. The van der Waals surface area contributed by atoms with Crippen molar-refractivity contribution in [1.29, 1.82) is 0 Å². The van der Waals surface area contributed by atoms with Crippen LogP contribution in [-0.4, -0.2) is 42.2 Å². The Balaban J connectivity index is 1.60. The van der Waals surface area contributed by atoms with Crippen molar-refractivity contribution in [2.24, 2.45) is 0 Å². The smallest absolute Gasteiger partial charge is 0.232 e. The first kappa shape index (κ1) is 22.3. The van der Waals surface area contributed by atoms with Crippen LogP contribution in [0.25, 0.3) is 11.0 Å². The molecule has 0 aliphatic carbocycles. The van der Waals surface area contributed by atoms with Crippen molar-refractivity contribution in [3.8, 4) is 0 Å². The molecule has 0 saturated heterocycles. The summed E-state index contributed by atoms with van der Waals surface area (Å²) in [6, 6.07) is 16.5. The van der Waals surface area contributed by atoms with E-state index in [4.69, 9.17) is 0 Å². The van der Waals surface area contributed by atoms with Gasteiger partial charge in [0, 0.05) is 43.1 Å². The van der Waals surface area contributed by atoms with Crippen molar-refractivity contribution in [3.63, 3.8) is 0 Å². The summed E-state index contributed by atoms with van der Waals surface area (Å²) in [5, 5.41) is 6.77. The number of amides is 1. The second-order valence-electron chi connectivity index (χ2n) is 7.66. The molecule has 0 saturated carbocycles. The highest BCUT2D eigenvalue weighted by Crippen LogP contribution is 2.25. The molecule has 0 spiro atoms. The number of anilines is 4. The van der Waals surface area contributed by atoms with Crippen LogP contribution >= 0.6 is 0 Å². The minimum Gasteiger partial charge on any atom is -0.328 e. The van der Waals surface area contributed by atoms with Crippen molar-refractivity contribution >= 4 is 50.0 Å². The standard InChI is InChI=1S/C23H24N6O3S/c1-16(30)25-19-8-10-20(11-9-19)26-23-24-14-17-12-13-29(22(17)27-23)15-18-6-4-5-7-21(18)28(2)33(3,31)32/h4-14H,15H2,1-3H3,(H,25,30)(H,24,26,27). The van der Waals surface area contributed by atoms with Gasteiger partial charge in [-0.1, -0.05) is 18.2 Å².